The van der Waals surface area contributed by atoms with Gasteiger partial charge in [-0.25, -0.2) is 4.39 Å². The highest BCUT2D eigenvalue weighted by molar-refractivity contribution is 8.13. The first kappa shape index (κ1) is 14.7. The Morgan fingerprint density at radius 2 is 1.87 bits per heavy atom. The summed E-state index contributed by atoms with van der Waals surface area (Å²) in [4.78, 5) is 10.5. The summed E-state index contributed by atoms with van der Waals surface area (Å²) < 4.78 is 47.5. The molecule has 0 aliphatic rings. The Bertz CT molecular complexity index is 193. The standard InChI is InChI=1S/C9H14F4OS/c1-7(14)15-6-4-2-3-5-8(10)9(11,12)13/h8H,2-6H2,1H3. The molecule has 0 fully saturated rings. The maximum Gasteiger partial charge on any atom is 0.419 e. The molecule has 15 heavy (non-hydrogen) atoms. The van der Waals surface area contributed by atoms with Crippen molar-refractivity contribution in [2.24, 2.45) is 0 Å². The van der Waals surface area contributed by atoms with Gasteiger partial charge in [-0.3, -0.25) is 4.79 Å². The van der Waals surface area contributed by atoms with Crippen molar-refractivity contribution in [3.8, 4) is 0 Å². The topological polar surface area (TPSA) is 17.1 Å². The first-order valence-corrected chi connectivity index (χ1v) is 5.66. The number of unbranched alkanes of at least 4 members (excludes halogenated alkanes) is 2. The second-order valence-electron chi connectivity index (χ2n) is 3.20. The normalized spacial score (nSPS) is 13.9. The smallest absolute Gasteiger partial charge is 0.288 e. The first-order chi connectivity index (χ1) is 6.84. The van der Waals surface area contributed by atoms with E-state index < -0.39 is 18.8 Å². The summed E-state index contributed by atoms with van der Waals surface area (Å²) in [5.41, 5.74) is 0. The molecule has 0 heterocycles. The van der Waals surface area contributed by atoms with E-state index in [4.69, 9.17) is 0 Å². The lowest BCUT2D eigenvalue weighted by molar-refractivity contribution is -0.182. The molecule has 0 amide bonds. The average Bonchev–Trinajstić information content (AvgIpc) is 2.08. The fraction of sp³-hybridized carbons (Fsp3) is 0.889. The van der Waals surface area contributed by atoms with Gasteiger partial charge in [0.05, 0.1) is 0 Å². The van der Waals surface area contributed by atoms with Crippen LogP contribution in [0.25, 0.3) is 0 Å². The summed E-state index contributed by atoms with van der Waals surface area (Å²) in [5, 5.41) is -0.00587. The van der Waals surface area contributed by atoms with Gasteiger partial charge < -0.3 is 0 Å². The van der Waals surface area contributed by atoms with Crippen molar-refractivity contribution >= 4 is 16.9 Å². The Balaban J connectivity index is 3.35. The molecule has 1 nitrogen and oxygen atoms in total. The van der Waals surface area contributed by atoms with Crippen LogP contribution >= 0.6 is 11.8 Å². The summed E-state index contributed by atoms with van der Waals surface area (Å²) >= 11 is 1.14. The molecule has 0 N–H and O–H groups in total. The quantitative estimate of drug-likeness (QED) is 0.524. The lowest BCUT2D eigenvalue weighted by atomic mass is 10.1. The highest BCUT2D eigenvalue weighted by Crippen LogP contribution is 2.26. The van der Waals surface area contributed by atoms with Gasteiger partial charge in [0.15, 0.2) is 11.3 Å². The Morgan fingerprint density at radius 1 is 1.27 bits per heavy atom. The second kappa shape index (κ2) is 7.09. The van der Waals surface area contributed by atoms with E-state index >= 15 is 0 Å². The minimum absolute atomic E-state index is 0.00587. The maximum absolute atomic E-state index is 12.4. The lowest BCUT2D eigenvalue weighted by Gasteiger charge is -2.11. The van der Waals surface area contributed by atoms with Crippen LogP contribution in [0.2, 0.25) is 0 Å². The molecule has 90 valence electrons. The first-order valence-electron chi connectivity index (χ1n) is 4.68. The largest absolute Gasteiger partial charge is 0.419 e. The van der Waals surface area contributed by atoms with Crippen molar-refractivity contribution in [3.05, 3.63) is 0 Å². The van der Waals surface area contributed by atoms with Crippen LogP contribution < -0.4 is 0 Å². The van der Waals surface area contributed by atoms with E-state index in [-0.39, 0.29) is 11.5 Å². The number of rotatable bonds is 6. The summed E-state index contributed by atoms with van der Waals surface area (Å²) in [7, 11) is 0. The molecular formula is C9H14F4OS. The van der Waals surface area contributed by atoms with Gasteiger partial charge in [0, 0.05) is 12.7 Å². The Labute approximate surface area is 90.6 Å². The number of halogens is 4. The van der Waals surface area contributed by atoms with Crippen molar-refractivity contribution < 1.29 is 22.4 Å². The molecule has 1 unspecified atom stereocenters. The fourth-order valence-corrected chi connectivity index (χ4v) is 1.62. The summed E-state index contributed by atoms with van der Waals surface area (Å²) in [5.74, 6) is 0.596. The van der Waals surface area contributed by atoms with E-state index in [1.807, 2.05) is 0 Å². The summed E-state index contributed by atoms with van der Waals surface area (Å²) in [6.45, 7) is 1.44. The number of alkyl halides is 4. The molecule has 0 aromatic carbocycles. The molecule has 0 spiro atoms. The van der Waals surface area contributed by atoms with Crippen LogP contribution in [0.15, 0.2) is 0 Å². The molecule has 0 radical (unpaired) electrons. The predicted octanol–water partition coefficient (Wildman–Crippen LogP) is 3.73. The van der Waals surface area contributed by atoms with Gasteiger partial charge in [-0.05, 0) is 12.8 Å². The number of thioether (sulfide) groups is 1. The number of carbonyl (C=O) groups is 1. The third-order valence-corrected chi connectivity index (χ3v) is 2.66. The molecule has 0 bridgehead atoms. The van der Waals surface area contributed by atoms with Gasteiger partial charge in [0.1, 0.15) is 0 Å². The van der Waals surface area contributed by atoms with E-state index in [0.717, 1.165) is 11.8 Å². The van der Waals surface area contributed by atoms with Gasteiger partial charge >= 0.3 is 6.18 Å². The zero-order valence-electron chi connectivity index (χ0n) is 8.44. The molecule has 0 rings (SSSR count). The van der Waals surface area contributed by atoms with Crippen molar-refractivity contribution in [1.82, 2.24) is 0 Å². The van der Waals surface area contributed by atoms with Crippen LogP contribution in [0.1, 0.15) is 32.6 Å². The van der Waals surface area contributed by atoms with Gasteiger partial charge in [-0.2, -0.15) is 13.2 Å². The van der Waals surface area contributed by atoms with E-state index in [2.05, 4.69) is 0 Å². The van der Waals surface area contributed by atoms with E-state index in [0.29, 0.717) is 18.6 Å². The number of hydrogen-bond acceptors (Lipinski definition) is 2. The molecule has 0 aliphatic heterocycles. The summed E-state index contributed by atoms with van der Waals surface area (Å²) in [6.07, 6.45) is -6.54. The summed E-state index contributed by atoms with van der Waals surface area (Å²) in [6, 6.07) is 0. The van der Waals surface area contributed by atoms with E-state index in [9.17, 15) is 22.4 Å². The second-order valence-corrected chi connectivity index (χ2v) is 4.47. The van der Waals surface area contributed by atoms with Gasteiger partial charge in [-0.15, -0.1) is 0 Å². The molecule has 0 aromatic rings. The molecule has 1 atom stereocenters. The minimum Gasteiger partial charge on any atom is -0.288 e. The Hall–Kier alpha value is -0.260. The molecular weight excluding hydrogens is 232 g/mol. The third-order valence-electron chi connectivity index (χ3n) is 1.76. The van der Waals surface area contributed by atoms with Gasteiger partial charge in [0.25, 0.3) is 0 Å². The zero-order chi connectivity index (χ0) is 11.9. The average molecular weight is 246 g/mol. The Morgan fingerprint density at radius 3 is 2.33 bits per heavy atom. The van der Waals surface area contributed by atoms with E-state index in [1.165, 1.54) is 6.92 Å². The van der Waals surface area contributed by atoms with Crippen molar-refractivity contribution in [2.45, 2.75) is 45.0 Å². The molecule has 0 aromatic heterocycles. The monoisotopic (exact) mass is 246 g/mol. The molecule has 0 saturated heterocycles. The van der Waals surface area contributed by atoms with Crippen LogP contribution in [-0.2, 0) is 4.79 Å². The third kappa shape index (κ3) is 8.72. The molecule has 6 heteroatoms. The maximum atomic E-state index is 12.4. The molecule has 0 aliphatic carbocycles. The van der Waals surface area contributed by atoms with Gasteiger partial charge in [0.2, 0.25) is 0 Å². The SMILES string of the molecule is CC(=O)SCCCCCC(F)C(F)(F)F. The molecule has 0 saturated carbocycles. The lowest BCUT2D eigenvalue weighted by Crippen LogP contribution is -2.23. The predicted molar refractivity (Wildman–Crippen MR) is 52.6 cm³/mol. The van der Waals surface area contributed by atoms with Gasteiger partial charge in [-0.1, -0.05) is 24.6 Å². The van der Waals surface area contributed by atoms with Crippen LogP contribution in [0, 0.1) is 0 Å². The van der Waals surface area contributed by atoms with Crippen LogP contribution in [0.4, 0.5) is 17.6 Å². The number of hydrogen-bond donors (Lipinski definition) is 0. The number of carbonyl (C=O) groups excluding carboxylic acids is 1. The van der Waals surface area contributed by atoms with Crippen LogP contribution in [0.5, 0.6) is 0 Å². The Kier molecular flexibility index (Phi) is 6.96. The fourth-order valence-electron chi connectivity index (χ4n) is 0.982. The van der Waals surface area contributed by atoms with Crippen molar-refractivity contribution in [3.63, 3.8) is 0 Å². The van der Waals surface area contributed by atoms with Crippen LogP contribution in [0.3, 0.4) is 0 Å². The van der Waals surface area contributed by atoms with E-state index in [1.54, 1.807) is 0 Å². The minimum atomic E-state index is -4.73. The zero-order valence-corrected chi connectivity index (χ0v) is 9.26. The highest BCUT2D eigenvalue weighted by Gasteiger charge is 2.39. The highest BCUT2D eigenvalue weighted by atomic mass is 32.2. The van der Waals surface area contributed by atoms with Crippen molar-refractivity contribution in [2.75, 3.05) is 5.75 Å². The van der Waals surface area contributed by atoms with Crippen LogP contribution in [-0.4, -0.2) is 23.2 Å². The van der Waals surface area contributed by atoms with Crippen molar-refractivity contribution in [1.29, 1.82) is 0 Å².